The van der Waals surface area contributed by atoms with Crippen molar-refractivity contribution in [2.75, 3.05) is 11.9 Å². The second-order valence-corrected chi connectivity index (χ2v) is 8.93. The van der Waals surface area contributed by atoms with Gasteiger partial charge in [0.2, 0.25) is 17.6 Å². The molecular weight excluding hydrogens is 446 g/mol. The highest BCUT2D eigenvalue weighted by molar-refractivity contribution is 7.17. The molecule has 11 heteroatoms. The van der Waals surface area contributed by atoms with Gasteiger partial charge in [-0.3, -0.25) is 9.59 Å². The van der Waals surface area contributed by atoms with Crippen molar-refractivity contribution in [3.63, 3.8) is 0 Å². The number of nitrogens with zero attached hydrogens (tertiary/aromatic N) is 3. The summed E-state index contributed by atoms with van der Waals surface area (Å²) < 4.78 is 9.98. The third kappa shape index (κ3) is 6.22. The zero-order chi connectivity index (χ0) is 24.2. The number of hydrogen-bond acceptors (Lipinski definition) is 9. The van der Waals surface area contributed by atoms with E-state index in [1.807, 2.05) is 0 Å². The van der Waals surface area contributed by atoms with Gasteiger partial charge in [0.1, 0.15) is 4.88 Å². The minimum absolute atomic E-state index is 0.00413. The first-order chi connectivity index (χ1) is 15.6. The van der Waals surface area contributed by atoms with Crippen LogP contribution in [0.25, 0.3) is 11.4 Å². The van der Waals surface area contributed by atoms with Crippen LogP contribution in [0.15, 0.2) is 28.8 Å². The smallest absolute Gasteiger partial charge is 0.350 e. The Hall–Kier alpha value is -3.60. The predicted molar refractivity (Wildman–Crippen MR) is 122 cm³/mol. The van der Waals surface area contributed by atoms with E-state index in [9.17, 15) is 14.4 Å². The molecule has 0 atom stereocenters. The fraction of sp³-hybridized carbons (Fsp3) is 0.364. The molecule has 174 valence electrons. The van der Waals surface area contributed by atoms with Gasteiger partial charge in [-0.25, -0.2) is 9.78 Å². The second kappa shape index (κ2) is 9.90. The summed E-state index contributed by atoms with van der Waals surface area (Å²) in [6.45, 7) is 8.82. The molecule has 33 heavy (non-hydrogen) atoms. The van der Waals surface area contributed by atoms with E-state index < -0.39 is 11.5 Å². The van der Waals surface area contributed by atoms with Crippen LogP contribution in [0.2, 0.25) is 0 Å². The molecule has 0 fully saturated rings. The fourth-order valence-electron chi connectivity index (χ4n) is 3.04. The highest BCUT2D eigenvalue weighted by Gasteiger charge is 2.26. The molecule has 1 aromatic carbocycles. The van der Waals surface area contributed by atoms with Crippen molar-refractivity contribution in [1.29, 1.82) is 0 Å². The molecule has 0 aliphatic carbocycles. The molecule has 0 spiro atoms. The first-order valence-corrected chi connectivity index (χ1v) is 11.1. The van der Waals surface area contributed by atoms with Crippen LogP contribution in [0.5, 0.6) is 0 Å². The van der Waals surface area contributed by atoms with E-state index in [1.165, 1.54) is 0 Å². The summed E-state index contributed by atoms with van der Waals surface area (Å²) in [5.74, 6) is -0.345. The van der Waals surface area contributed by atoms with Gasteiger partial charge in [0.25, 0.3) is 5.91 Å². The van der Waals surface area contributed by atoms with Crippen LogP contribution in [-0.2, 0) is 9.53 Å². The molecule has 0 aliphatic rings. The van der Waals surface area contributed by atoms with Crippen LogP contribution >= 0.6 is 11.3 Å². The molecule has 0 saturated heterocycles. The van der Waals surface area contributed by atoms with Gasteiger partial charge in [0.05, 0.1) is 12.3 Å². The highest BCUT2D eigenvalue weighted by atomic mass is 32.1. The van der Waals surface area contributed by atoms with Crippen LogP contribution in [0.3, 0.4) is 0 Å². The lowest BCUT2D eigenvalue weighted by Gasteiger charge is -2.25. The molecule has 2 amide bonds. The van der Waals surface area contributed by atoms with E-state index in [0.717, 1.165) is 11.3 Å². The maximum atomic E-state index is 12.8. The average Bonchev–Trinajstić information content (AvgIpc) is 3.32. The SMILES string of the molecule is CCOC(=O)c1sc(NC(=O)CC(C)(C)NC(=O)c2cccc(-c3noc(C)n3)c2)nc1C. The summed E-state index contributed by atoms with van der Waals surface area (Å²) in [5.41, 5.74) is 0.679. The lowest BCUT2D eigenvalue weighted by Crippen LogP contribution is -2.45. The zero-order valence-corrected chi connectivity index (χ0v) is 19.8. The van der Waals surface area contributed by atoms with Gasteiger partial charge in [-0.2, -0.15) is 4.98 Å². The van der Waals surface area contributed by atoms with Crippen molar-refractivity contribution in [3.05, 3.63) is 46.3 Å². The molecule has 3 aromatic rings. The van der Waals surface area contributed by atoms with Crippen molar-refractivity contribution in [2.45, 2.75) is 46.6 Å². The number of carbonyl (C=O) groups is 3. The quantitative estimate of drug-likeness (QED) is 0.476. The molecule has 2 aromatic heterocycles. The highest BCUT2D eigenvalue weighted by Crippen LogP contribution is 2.24. The molecule has 0 saturated carbocycles. The maximum Gasteiger partial charge on any atom is 0.350 e. The number of benzene rings is 1. The van der Waals surface area contributed by atoms with Gasteiger partial charge in [0, 0.05) is 30.0 Å². The monoisotopic (exact) mass is 471 g/mol. The Labute approximate surface area is 194 Å². The standard InChI is InChI=1S/C22H25N5O5S/c1-6-31-20(30)17-12(2)23-21(33-17)25-16(28)11-22(4,5)26-19(29)15-9-7-8-14(10-15)18-24-13(3)32-27-18/h7-10H,6,11H2,1-5H3,(H,26,29)(H,23,25,28). The first-order valence-electron chi connectivity index (χ1n) is 10.3. The summed E-state index contributed by atoms with van der Waals surface area (Å²) in [6, 6.07) is 6.82. The van der Waals surface area contributed by atoms with Crippen LogP contribution in [-0.4, -0.2) is 45.1 Å². The van der Waals surface area contributed by atoms with E-state index in [2.05, 4.69) is 25.8 Å². The second-order valence-electron chi connectivity index (χ2n) is 7.93. The zero-order valence-electron chi connectivity index (χ0n) is 19.0. The number of rotatable bonds is 8. The molecule has 2 N–H and O–H groups in total. The Balaban J connectivity index is 1.63. The number of aryl methyl sites for hydroxylation is 2. The largest absolute Gasteiger partial charge is 0.462 e. The minimum Gasteiger partial charge on any atom is -0.462 e. The molecule has 0 radical (unpaired) electrons. The number of aromatic nitrogens is 3. The number of nitrogens with one attached hydrogen (secondary N) is 2. The van der Waals surface area contributed by atoms with Crippen molar-refractivity contribution < 1.29 is 23.6 Å². The predicted octanol–water partition coefficient (Wildman–Crippen LogP) is 3.52. The first kappa shape index (κ1) is 24.1. The number of esters is 1. The van der Waals surface area contributed by atoms with Crippen LogP contribution in [0.4, 0.5) is 5.13 Å². The molecule has 0 unspecified atom stereocenters. The van der Waals surface area contributed by atoms with Gasteiger partial charge in [-0.05, 0) is 39.8 Å². The van der Waals surface area contributed by atoms with Crippen molar-refractivity contribution in [1.82, 2.24) is 20.4 Å². The van der Waals surface area contributed by atoms with Gasteiger partial charge in [-0.1, -0.05) is 28.6 Å². The van der Waals surface area contributed by atoms with Crippen LogP contribution < -0.4 is 10.6 Å². The van der Waals surface area contributed by atoms with Crippen LogP contribution in [0, 0.1) is 13.8 Å². The van der Waals surface area contributed by atoms with E-state index >= 15 is 0 Å². The Morgan fingerprint density at radius 1 is 1.18 bits per heavy atom. The normalized spacial score (nSPS) is 11.2. The van der Waals surface area contributed by atoms with Gasteiger partial charge >= 0.3 is 5.97 Å². The average molecular weight is 472 g/mol. The van der Waals surface area contributed by atoms with Crippen molar-refractivity contribution in [2.24, 2.45) is 0 Å². The molecule has 3 rings (SSSR count). The summed E-state index contributed by atoms with van der Waals surface area (Å²) in [4.78, 5) is 46.0. The van der Waals surface area contributed by atoms with E-state index in [-0.39, 0.29) is 24.8 Å². The molecule has 10 nitrogen and oxygen atoms in total. The van der Waals surface area contributed by atoms with E-state index in [4.69, 9.17) is 9.26 Å². The molecule has 0 aliphatic heterocycles. The van der Waals surface area contributed by atoms with Crippen LogP contribution in [0.1, 0.15) is 58.8 Å². The van der Waals surface area contributed by atoms with E-state index in [1.54, 1.807) is 58.9 Å². The topological polar surface area (TPSA) is 136 Å². The maximum absolute atomic E-state index is 12.8. The molecule has 0 bridgehead atoms. The van der Waals surface area contributed by atoms with Gasteiger partial charge in [0.15, 0.2) is 5.13 Å². The lowest BCUT2D eigenvalue weighted by molar-refractivity contribution is -0.117. The number of hydrogen-bond donors (Lipinski definition) is 2. The number of anilines is 1. The van der Waals surface area contributed by atoms with Crippen molar-refractivity contribution >= 4 is 34.3 Å². The Bertz CT molecular complexity index is 1180. The van der Waals surface area contributed by atoms with Gasteiger partial charge in [-0.15, -0.1) is 0 Å². The Morgan fingerprint density at radius 2 is 1.94 bits per heavy atom. The minimum atomic E-state index is -0.851. The van der Waals surface area contributed by atoms with E-state index in [0.29, 0.717) is 38.5 Å². The Morgan fingerprint density at radius 3 is 2.61 bits per heavy atom. The molecule has 2 heterocycles. The lowest BCUT2D eigenvalue weighted by atomic mass is 9.99. The fourth-order valence-corrected chi connectivity index (χ4v) is 3.92. The summed E-state index contributed by atoms with van der Waals surface area (Å²) in [7, 11) is 0. The number of thiazole rings is 1. The third-order valence-corrected chi connectivity index (χ3v) is 5.52. The molecular formula is C22H25N5O5S. The van der Waals surface area contributed by atoms with Crippen molar-refractivity contribution in [3.8, 4) is 11.4 Å². The Kier molecular flexibility index (Phi) is 7.22. The number of carbonyl (C=O) groups excluding carboxylic acids is 3. The summed E-state index contributed by atoms with van der Waals surface area (Å²) >= 11 is 1.05. The van der Waals surface area contributed by atoms with Gasteiger partial charge < -0.3 is 19.9 Å². The summed E-state index contributed by atoms with van der Waals surface area (Å²) in [6.07, 6.45) is -0.00413. The number of ether oxygens (including phenoxy) is 1. The number of amides is 2. The third-order valence-electron chi connectivity index (χ3n) is 4.47. The summed E-state index contributed by atoms with van der Waals surface area (Å²) in [5, 5.41) is 9.72.